The second kappa shape index (κ2) is 8.45. The predicted molar refractivity (Wildman–Crippen MR) is 58.3 cm³/mol. The zero-order chi connectivity index (χ0) is 10.8. The van der Waals surface area contributed by atoms with Gasteiger partial charge in [-0.3, -0.25) is 0 Å². The van der Waals surface area contributed by atoms with Crippen LogP contribution in [0.5, 0.6) is 0 Å². The number of rotatable bonds is 3. The smallest absolute Gasteiger partial charge is 0.120 e. The second-order valence-electron chi connectivity index (χ2n) is 3.01. The molecule has 2 heteroatoms. The Balaban J connectivity index is 0.000000500. The molecule has 0 radical (unpaired) electrons. The largest absolute Gasteiger partial charge is 0.397 e. The van der Waals surface area contributed by atoms with E-state index in [0.717, 1.165) is 12.7 Å². The third-order valence-corrected chi connectivity index (χ3v) is 1.67. The first-order valence-electron chi connectivity index (χ1n) is 4.84. The number of hydrogen-bond acceptors (Lipinski definition) is 2. The summed E-state index contributed by atoms with van der Waals surface area (Å²) in [6.07, 6.45) is 2.45. The average molecular weight is 194 g/mol. The third kappa shape index (κ3) is 6.38. The Morgan fingerprint density at radius 1 is 1.29 bits per heavy atom. The molecular weight excluding hydrogens is 176 g/mol. The van der Waals surface area contributed by atoms with Gasteiger partial charge in [-0.1, -0.05) is 29.8 Å². The van der Waals surface area contributed by atoms with Gasteiger partial charge in [-0.05, 0) is 25.8 Å². The highest BCUT2D eigenvalue weighted by atomic mass is 16.2. The molecule has 0 aromatic heterocycles. The summed E-state index contributed by atoms with van der Waals surface area (Å²) in [4.78, 5) is 10.0. The Morgan fingerprint density at radius 2 is 1.79 bits per heavy atom. The molecule has 0 bridgehead atoms. The molecule has 0 aliphatic carbocycles. The molecule has 0 fully saturated rings. The molecule has 0 saturated heterocycles. The average Bonchev–Trinajstić information content (AvgIpc) is 2.18. The number of hydrogen-bond donors (Lipinski definition) is 1. The van der Waals surface area contributed by atoms with Crippen molar-refractivity contribution in [2.45, 2.75) is 26.7 Å². The van der Waals surface area contributed by atoms with E-state index in [-0.39, 0.29) is 6.61 Å². The van der Waals surface area contributed by atoms with E-state index in [9.17, 15) is 4.79 Å². The van der Waals surface area contributed by atoms with E-state index < -0.39 is 0 Å². The standard InChI is InChI=1S/C10H12O.C2H6O/c1-9-4-6-10(7-5-9)3-2-8-11;1-2-3/h4-8H,2-3H2,1H3;3H,2H2,1H3. The van der Waals surface area contributed by atoms with Crippen LogP contribution < -0.4 is 0 Å². The molecule has 0 spiro atoms. The van der Waals surface area contributed by atoms with Crippen molar-refractivity contribution >= 4 is 6.29 Å². The fourth-order valence-electron chi connectivity index (χ4n) is 0.980. The lowest BCUT2D eigenvalue weighted by Gasteiger charge is -1.96. The van der Waals surface area contributed by atoms with E-state index >= 15 is 0 Å². The van der Waals surface area contributed by atoms with E-state index in [1.54, 1.807) is 6.92 Å². The lowest BCUT2D eigenvalue weighted by molar-refractivity contribution is -0.107. The van der Waals surface area contributed by atoms with Gasteiger partial charge in [0.05, 0.1) is 0 Å². The Labute approximate surface area is 85.6 Å². The molecule has 1 rings (SSSR count). The highest BCUT2D eigenvalue weighted by Crippen LogP contribution is 2.04. The first-order chi connectivity index (χ1) is 6.74. The maximum Gasteiger partial charge on any atom is 0.120 e. The molecule has 0 aliphatic heterocycles. The van der Waals surface area contributed by atoms with Gasteiger partial charge in [0.25, 0.3) is 0 Å². The fraction of sp³-hybridized carbons (Fsp3) is 0.417. The lowest BCUT2D eigenvalue weighted by Crippen LogP contribution is -1.85. The second-order valence-corrected chi connectivity index (χ2v) is 3.01. The molecule has 1 aromatic carbocycles. The van der Waals surface area contributed by atoms with Gasteiger partial charge in [0.1, 0.15) is 6.29 Å². The molecule has 78 valence electrons. The quantitative estimate of drug-likeness (QED) is 0.748. The van der Waals surface area contributed by atoms with Gasteiger partial charge in [0.2, 0.25) is 0 Å². The summed E-state index contributed by atoms with van der Waals surface area (Å²) in [7, 11) is 0. The minimum atomic E-state index is 0.250. The van der Waals surface area contributed by atoms with Crippen LogP contribution in [0.15, 0.2) is 24.3 Å². The first-order valence-corrected chi connectivity index (χ1v) is 4.84. The fourth-order valence-corrected chi connectivity index (χ4v) is 0.980. The van der Waals surface area contributed by atoms with Gasteiger partial charge in [-0.15, -0.1) is 0 Å². The van der Waals surface area contributed by atoms with E-state index in [1.807, 2.05) is 0 Å². The Bertz CT molecular complexity index is 239. The Morgan fingerprint density at radius 3 is 2.21 bits per heavy atom. The van der Waals surface area contributed by atoms with Gasteiger partial charge >= 0.3 is 0 Å². The number of aliphatic hydroxyl groups excluding tert-OH is 1. The summed E-state index contributed by atoms with van der Waals surface area (Å²) in [5.41, 5.74) is 2.50. The zero-order valence-corrected chi connectivity index (χ0v) is 8.86. The molecule has 1 N–H and O–H groups in total. The number of benzene rings is 1. The summed E-state index contributed by atoms with van der Waals surface area (Å²) in [6, 6.07) is 8.28. The summed E-state index contributed by atoms with van der Waals surface area (Å²) in [6.45, 7) is 3.99. The van der Waals surface area contributed by atoms with Gasteiger partial charge in [-0.2, -0.15) is 0 Å². The maximum absolute atomic E-state index is 10.0. The van der Waals surface area contributed by atoms with Crippen LogP contribution in [0.4, 0.5) is 0 Å². The molecule has 1 aromatic rings. The summed E-state index contributed by atoms with van der Waals surface area (Å²) in [5, 5.41) is 7.57. The molecular formula is C12H18O2. The van der Waals surface area contributed by atoms with Crippen LogP contribution in [0.1, 0.15) is 24.5 Å². The van der Waals surface area contributed by atoms with Crippen LogP contribution in [-0.2, 0) is 11.2 Å². The molecule has 0 heterocycles. The van der Waals surface area contributed by atoms with Crippen LogP contribution in [0.3, 0.4) is 0 Å². The minimum absolute atomic E-state index is 0.250. The minimum Gasteiger partial charge on any atom is -0.397 e. The van der Waals surface area contributed by atoms with E-state index in [4.69, 9.17) is 5.11 Å². The SMILES string of the molecule is CCO.Cc1ccc(CCC=O)cc1. The van der Waals surface area contributed by atoms with Crippen LogP contribution in [0.25, 0.3) is 0 Å². The topological polar surface area (TPSA) is 37.3 Å². The summed E-state index contributed by atoms with van der Waals surface area (Å²) in [5.74, 6) is 0. The molecule has 14 heavy (non-hydrogen) atoms. The number of aryl methyl sites for hydroxylation is 2. The van der Waals surface area contributed by atoms with Crippen molar-refractivity contribution in [3.8, 4) is 0 Å². The van der Waals surface area contributed by atoms with Crippen LogP contribution in [0.2, 0.25) is 0 Å². The van der Waals surface area contributed by atoms with E-state index in [0.29, 0.717) is 6.42 Å². The summed E-state index contributed by atoms with van der Waals surface area (Å²) >= 11 is 0. The number of aliphatic hydroxyl groups is 1. The normalized spacial score (nSPS) is 8.79. The van der Waals surface area contributed by atoms with Crippen molar-refractivity contribution in [3.63, 3.8) is 0 Å². The van der Waals surface area contributed by atoms with Gasteiger partial charge < -0.3 is 9.90 Å². The number of carbonyl (C=O) groups excluding carboxylic acids is 1. The molecule has 2 nitrogen and oxygen atoms in total. The lowest BCUT2D eigenvalue weighted by atomic mass is 10.1. The highest BCUT2D eigenvalue weighted by Gasteiger charge is 1.90. The van der Waals surface area contributed by atoms with Gasteiger partial charge in [-0.25, -0.2) is 0 Å². The van der Waals surface area contributed by atoms with Crippen molar-refractivity contribution < 1.29 is 9.90 Å². The van der Waals surface area contributed by atoms with Crippen molar-refractivity contribution in [1.29, 1.82) is 0 Å². The molecule has 0 saturated carbocycles. The Kier molecular flexibility index (Phi) is 7.75. The van der Waals surface area contributed by atoms with Crippen molar-refractivity contribution in [3.05, 3.63) is 35.4 Å². The van der Waals surface area contributed by atoms with E-state index in [2.05, 4.69) is 31.2 Å². The van der Waals surface area contributed by atoms with E-state index in [1.165, 1.54) is 11.1 Å². The molecule has 0 unspecified atom stereocenters. The zero-order valence-electron chi connectivity index (χ0n) is 8.86. The number of aldehydes is 1. The predicted octanol–water partition coefficient (Wildman–Crippen LogP) is 2.13. The van der Waals surface area contributed by atoms with Crippen LogP contribution >= 0.6 is 0 Å². The van der Waals surface area contributed by atoms with Gasteiger partial charge in [0.15, 0.2) is 0 Å². The van der Waals surface area contributed by atoms with Crippen molar-refractivity contribution in [2.75, 3.05) is 6.61 Å². The van der Waals surface area contributed by atoms with Crippen molar-refractivity contribution in [2.24, 2.45) is 0 Å². The summed E-state index contributed by atoms with van der Waals surface area (Å²) < 4.78 is 0. The maximum atomic E-state index is 10.0. The van der Waals surface area contributed by atoms with Crippen molar-refractivity contribution in [1.82, 2.24) is 0 Å². The van der Waals surface area contributed by atoms with Crippen LogP contribution in [0, 0.1) is 6.92 Å². The molecule has 0 amide bonds. The highest BCUT2D eigenvalue weighted by molar-refractivity contribution is 5.50. The third-order valence-electron chi connectivity index (χ3n) is 1.67. The monoisotopic (exact) mass is 194 g/mol. The van der Waals surface area contributed by atoms with Crippen LogP contribution in [-0.4, -0.2) is 18.0 Å². The molecule has 0 aliphatic rings. The first kappa shape index (κ1) is 12.8. The van der Waals surface area contributed by atoms with Gasteiger partial charge in [0, 0.05) is 13.0 Å². The molecule has 0 atom stereocenters. The Hall–Kier alpha value is -1.15. The number of carbonyl (C=O) groups is 1.